The Morgan fingerprint density at radius 1 is 1.14 bits per heavy atom. The molecule has 1 aromatic heterocycles. The lowest BCUT2D eigenvalue weighted by Gasteiger charge is -2.02. The quantitative estimate of drug-likeness (QED) is 0.634. The zero-order valence-electron chi connectivity index (χ0n) is 11.8. The van der Waals surface area contributed by atoms with Gasteiger partial charge in [0.1, 0.15) is 5.75 Å². The largest absolute Gasteiger partial charge is 0.497 e. The molecule has 6 heteroatoms. The predicted molar refractivity (Wildman–Crippen MR) is 87.3 cm³/mol. The lowest BCUT2D eigenvalue weighted by Crippen LogP contribution is -1.83. The van der Waals surface area contributed by atoms with E-state index in [1.54, 1.807) is 31.0 Å². The molecule has 0 N–H and O–H groups in total. The van der Waals surface area contributed by atoms with E-state index in [1.165, 1.54) is 0 Å². The molecule has 0 bridgehead atoms. The van der Waals surface area contributed by atoms with Gasteiger partial charge in [0, 0.05) is 15.5 Å². The summed E-state index contributed by atoms with van der Waals surface area (Å²) in [5.74, 6) is 2.52. The first kappa shape index (κ1) is 14.9. The summed E-state index contributed by atoms with van der Waals surface area (Å²) in [5, 5.41) is 8.81. The molecule has 0 aliphatic carbocycles. The van der Waals surface area contributed by atoms with Gasteiger partial charge in [-0.1, -0.05) is 17.7 Å². The van der Waals surface area contributed by atoms with Crippen LogP contribution in [0, 0.1) is 0 Å². The Labute approximate surface area is 137 Å². The molecule has 0 fully saturated rings. The minimum Gasteiger partial charge on any atom is -0.497 e. The van der Waals surface area contributed by atoms with Crippen LogP contribution in [0.1, 0.15) is 5.89 Å². The third kappa shape index (κ3) is 3.61. The van der Waals surface area contributed by atoms with Crippen molar-refractivity contribution < 1.29 is 9.15 Å². The number of nitrogens with zero attached hydrogens (tertiary/aromatic N) is 2. The molecule has 0 saturated heterocycles. The number of rotatable bonds is 5. The van der Waals surface area contributed by atoms with Crippen LogP contribution >= 0.6 is 23.4 Å². The van der Waals surface area contributed by atoms with Gasteiger partial charge >= 0.3 is 0 Å². The molecule has 0 unspecified atom stereocenters. The maximum atomic E-state index is 5.87. The molecular formula is C16H13ClN2O2S. The summed E-state index contributed by atoms with van der Waals surface area (Å²) in [4.78, 5) is 1.09. The van der Waals surface area contributed by atoms with Crippen LogP contribution in [0.5, 0.6) is 5.75 Å². The molecule has 0 amide bonds. The van der Waals surface area contributed by atoms with Crippen LogP contribution in [0.15, 0.2) is 57.8 Å². The van der Waals surface area contributed by atoms with Gasteiger partial charge in [-0.15, -0.1) is 22.0 Å². The molecule has 0 saturated carbocycles. The molecule has 4 nitrogen and oxygen atoms in total. The minimum absolute atomic E-state index is 0.498. The topological polar surface area (TPSA) is 48.2 Å². The second kappa shape index (κ2) is 6.85. The van der Waals surface area contributed by atoms with E-state index in [-0.39, 0.29) is 0 Å². The van der Waals surface area contributed by atoms with Crippen molar-refractivity contribution in [3.8, 4) is 17.2 Å². The van der Waals surface area contributed by atoms with Crippen LogP contribution in [0.3, 0.4) is 0 Å². The Bertz CT molecular complexity index is 759. The zero-order valence-corrected chi connectivity index (χ0v) is 13.4. The van der Waals surface area contributed by atoms with E-state index in [4.69, 9.17) is 20.8 Å². The number of methoxy groups -OCH3 is 1. The molecule has 0 aliphatic heterocycles. The average Bonchev–Trinajstić information content (AvgIpc) is 3.03. The SMILES string of the molecule is COc1cccc(SCc2nnc(-c3ccc(Cl)cc3)o2)c1. The fourth-order valence-corrected chi connectivity index (χ4v) is 2.76. The predicted octanol–water partition coefficient (Wildman–Crippen LogP) is 4.69. The van der Waals surface area contributed by atoms with Gasteiger partial charge in [0.2, 0.25) is 11.8 Å². The van der Waals surface area contributed by atoms with Crippen LogP contribution in [0.4, 0.5) is 0 Å². The molecule has 0 radical (unpaired) electrons. The van der Waals surface area contributed by atoms with Crippen molar-refractivity contribution in [2.45, 2.75) is 10.6 Å². The van der Waals surface area contributed by atoms with Gasteiger partial charge in [-0.25, -0.2) is 0 Å². The summed E-state index contributed by atoms with van der Waals surface area (Å²) in [7, 11) is 1.65. The number of hydrogen-bond acceptors (Lipinski definition) is 5. The normalized spacial score (nSPS) is 10.6. The molecule has 2 aromatic carbocycles. The summed E-state index contributed by atoms with van der Waals surface area (Å²) >= 11 is 7.48. The van der Waals surface area contributed by atoms with E-state index in [2.05, 4.69) is 10.2 Å². The Hall–Kier alpha value is -1.98. The Morgan fingerprint density at radius 3 is 2.73 bits per heavy atom. The summed E-state index contributed by atoms with van der Waals surface area (Å²) < 4.78 is 10.9. The van der Waals surface area contributed by atoms with Crippen molar-refractivity contribution in [2.75, 3.05) is 7.11 Å². The molecule has 1 heterocycles. The molecular weight excluding hydrogens is 320 g/mol. The van der Waals surface area contributed by atoms with E-state index in [0.29, 0.717) is 22.6 Å². The smallest absolute Gasteiger partial charge is 0.247 e. The third-order valence-corrected chi connectivity index (χ3v) is 4.19. The average molecular weight is 333 g/mol. The maximum absolute atomic E-state index is 5.87. The van der Waals surface area contributed by atoms with Gasteiger partial charge in [0.15, 0.2) is 0 Å². The van der Waals surface area contributed by atoms with Crippen molar-refractivity contribution in [1.82, 2.24) is 10.2 Å². The number of halogens is 1. The van der Waals surface area contributed by atoms with Gasteiger partial charge in [-0.3, -0.25) is 0 Å². The standard InChI is InChI=1S/C16H13ClN2O2S/c1-20-13-3-2-4-14(9-13)22-10-15-18-19-16(21-15)11-5-7-12(17)8-6-11/h2-9H,10H2,1H3. The molecule has 112 valence electrons. The fourth-order valence-electron chi connectivity index (χ4n) is 1.86. The number of thioether (sulfide) groups is 1. The van der Waals surface area contributed by atoms with Crippen molar-refractivity contribution in [3.05, 3.63) is 59.4 Å². The first-order valence-corrected chi connectivity index (χ1v) is 7.96. The Kier molecular flexibility index (Phi) is 4.65. The maximum Gasteiger partial charge on any atom is 0.247 e. The molecule has 0 atom stereocenters. The summed E-state index contributed by atoms with van der Waals surface area (Å²) in [5.41, 5.74) is 0.856. The van der Waals surface area contributed by atoms with E-state index in [1.807, 2.05) is 36.4 Å². The van der Waals surface area contributed by atoms with Gasteiger partial charge in [0.05, 0.1) is 12.9 Å². The van der Waals surface area contributed by atoms with Crippen LogP contribution in [-0.4, -0.2) is 17.3 Å². The fraction of sp³-hybridized carbons (Fsp3) is 0.125. The van der Waals surface area contributed by atoms with Gasteiger partial charge in [-0.2, -0.15) is 0 Å². The van der Waals surface area contributed by atoms with Crippen molar-refractivity contribution in [3.63, 3.8) is 0 Å². The summed E-state index contributed by atoms with van der Waals surface area (Å²) in [6.07, 6.45) is 0. The van der Waals surface area contributed by atoms with Crippen LogP contribution in [0.2, 0.25) is 5.02 Å². The van der Waals surface area contributed by atoms with Gasteiger partial charge in [-0.05, 0) is 42.5 Å². The van der Waals surface area contributed by atoms with Crippen LogP contribution < -0.4 is 4.74 Å². The first-order valence-electron chi connectivity index (χ1n) is 6.60. The lowest BCUT2D eigenvalue weighted by atomic mass is 10.2. The lowest BCUT2D eigenvalue weighted by molar-refractivity contribution is 0.413. The van der Waals surface area contributed by atoms with Gasteiger partial charge < -0.3 is 9.15 Å². The first-order chi connectivity index (χ1) is 10.7. The van der Waals surface area contributed by atoms with E-state index in [9.17, 15) is 0 Å². The highest BCUT2D eigenvalue weighted by molar-refractivity contribution is 7.98. The number of aromatic nitrogens is 2. The number of hydrogen-bond donors (Lipinski definition) is 0. The van der Waals surface area contributed by atoms with E-state index < -0.39 is 0 Å². The second-order valence-corrected chi connectivity index (χ2v) is 5.96. The molecule has 3 rings (SSSR count). The summed E-state index contributed by atoms with van der Waals surface area (Å²) in [6, 6.07) is 15.2. The Morgan fingerprint density at radius 2 is 1.95 bits per heavy atom. The number of ether oxygens (including phenoxy) is 1. The molecule has 22 heavy (non-hydrogen) atoms. The Balaban J connectivity index is 1.67. The molecule has 0 spiro atoms. The molecule has 0 aliphatic rings. The third-order valence-electron chi connectivity index (χ3n) is 2.96. The van der Waals surface area contributed by atoms with E-state index in [0.717, 1.165) is 16.2 Å². The van der Waals surface area contributed by atoms with Gasteiger partial charge in [0.25, 0.3) is 0 Å². The highest BCUT2D eigenvalue weighted by Gasteiger charge is 2.09. The van der Waals surface area contributed by atoms with Crippen LogP contribution in [-0.2, 0) is 5.75 Å². The summed E-state index contributed by atoms with van der Waals surface area (Å²) in [6.45, 7) is 0. The van der Waals surface area contributed by atoms with Crippen molar-refractivity contribution in [2.24, 2.45) is 0 Å². The second-order valence-electron chi connectivity index (χ2n) is 4.48. The van der Waals surface area contributed by atoms with Crippen LogP contribution in [0.25, 0.3) is 11.5 Å². The number of benzene rings is 2. The highest BCUT2D eigenvalue weighted by atomic mass is 35.5. The minimum atomic E-state index is 0.498. The van der Waals surface area contributed by atoms with Crippen molar-refractivity contribution in [1.29, 1.82) is 0 Å². The highest BCUT2D eigenvalue weighted by Crippen LogP contribution is 2.27. The zero-order chi connectivity index (χ0) is 15.4. The monoisotopic (exact) mass is 332 g/mol. The van der Waals surface area contributed by atoms with E-state index >= 15 is 0 Å². The molecule has 3 aromatic rings. The van der Waals surface area contributed by atoms with Crippen molar-refractivity contribution >= 4 is 23.4 Å².